The first-order valence-electron chi connectivity index (χ1n) is 4.23. The van der Waals surface area contributed by atoms with Gasteiger partial charge in [0.05, 0.1) is 6.04 Å². The van der Waals surface area contributed by atoms with Gasteiger partial charge in [0.1, 0.15) is 18.2 Å². The normalized spacial score (nSPS) is 13.6. The molecule has 0 aliphatic rings. The van der Waals surface area contributed by atoms with E-state index in [1.807, 2.05) is 0 Å². The zero-order valence-corrected chi connectivity index (χ0v) is 7.96. The first-order valence-corrected chi connectivity index (χ1v) is 4.23. The van der Waals surface area contributed by atoms with Gasteiger partial charge >= 0.3 is 6.36 Å². The molecule has 16 heavy (non-hydrogen) atoms. The van der Waals surface area contributed by atoms with Crippen molar-refractivity contribution in [1.82, 2.24) is 0 Å². The Bertz CT molecular complexity index is 367. The molecule has 0 spiro atoms. The maximum absolute atomic E-state index is 12.2. The molecule has 0 fully saturated rings. The molecule has 0 radical (unpaired) electrons. The van der Waals surface area contributed by atoms with Crippen molar-refractivity contribution in [3.05, 3.63) is 23.8 Å². The Morgan fingerprint density at radius 3 is 2.50 bits per heavy atom. The molecule has 1 aromatic rings. The molecule has 3 nitrogen and oxygen atoms in total. The van der Waals surface area contributed by atoms with Crippen molar-refractivity contribution in [1.29, 1.82) is 0 Å². The van der Waals surface area contributed by atoms with Gasteiger partial charge in [-0.05, 0) is 18.2 Å². The molecule has 0 saturated carbocycles. The van der Waals surface area contributed by atoms with Crippen LogP contribution in [0.4, 0.5) is 17.6 Å². The topological polar surface area (TPSA) is 55.5 Å². The third kappa shape index (κ3) is 3.27. The van der Waals surface area contributed by atoms with E-state index in [4.69, 9.17) is 5.73 Å². The van der Waals surface area contributed by atoms with Crippen LogP contribution >= 0.6 is 0 Å². The van der Waals surface area contributed by atoms with E-state index in [2.05, 4.69) is 4.74 Å². The molecule has 0 bridgehead atoms. The van der Waals surface area contributed by atoms with Gasteiger partial charge in [-0.1, -0.05) is 0 Å². The quantitative estimate of drug-likeness (QED) is 0.795. The van der Waals surface area contributed by atoms with Gasteiger partial charge in [0.25, 0.3) is 0 Å². The monoisotopic (exact) mass is 239 g/mol. The van der Waals surface area contributed by atoms with E-state index in [1.165, 1.54) is 0 Å². The summed E-state index contributed by atoms with van der Waals surface area (Å²) in [6.07, 6.45) is -4.84. The van der Waals surface area contributed by atoms with Crippen molar-refractivity contribution >= 4 is 0 Å². The van der Waals surface area contributed by atoms with Crippen LogP contribution in [-0.2, 0) is 0 Å². The summed E-state index contributed by atoms with van der Waals surface area (Å²) < 4.78 is 51.4. The lowest BCUT2D eigenvalue weighted by Gasteiger charge is -2.13. The molecular formula is C9H9F4NO2. The molecule has 3 N–H and O–H groups in total. The SMILES string of the molecule is N[C@H](CF)c1cc(OC(F)(F)F)ccc1O. The predicted octanol–water partition coefficient (Wildman–Crippen LogP) is 2.26. The van der Waals surface area contributed by atoms with Crippen LogP contribution in [0.25, 0.3) is 0 Å². The maximum atomic E-state index is 12.2. The second-order valence-corrected chi connectivity index (χ2v) is 3.03. The van der Waals surface area contributed by atoms with Crippen LogP contribution in [0.5, 0.6) is 11.5 Å². The Morgan fingerprint density at radius 2 is 2.00 bits per heavy atom. The van der Waals surface area contributed by atoms with Crippen molar-refractivity contribution in [2.75, 3.05) is 6.67 Å². The van der Waals surface area contributed by atoms with Gasteiger partial charge in [-0.25, -0.2) is 4.39 Å². The molecule has 1 rings (SSSR count). The third-order valence-corrected chi connectivity index (χ3v) is 1.80. The van der Waals surface area contributed by atoms with Crippen LogP contribution in [-0.4, -0.2) is 18.1 Å². The number of ether oxygens (including phenoxy) is 1. The van der Waals surface area contributed by atoms with Gasteiger partial charge in [-0.15, -0.1) is 13.2 Å². The van der Waals surface area contributed by atoms with E-state index < -0.39 is 24.8 Å². The number of alkyl halides is 4. The van der Waals surface area contributed by atoms with Crippen molar-refractivity contribution in [2.24, 2.45) is 5.73 Å². The van der Waals surface area contributed by atoms with Crippen LogP contribution in [0, 0.1) is 0 Å². The zero-order chi connectivity index (χ0) is 12.3. The minimum atomic E-state index is -4.84. The minimum absolute atomic E-state index is 0.135. The number of hydrogen-bond donors (Lipinski definition) is 2. The highest BCUT2D eigenvalue weighted by molar-refractivity contribution is 5.41. The molecule has 1 aromatic carbocycles. The highest BCUT2D eigenvalue weighted by Crippen LogP contribution is 2.30. The molecule has 0 heterocycles. The Kier molecular flexibility index (Phi) is 3.58. The van der Waals surface area contributed by atoms with Crippen LogP contribution in [0.1, 0.15) is 11.6 Å². The average molecular weight is 239 g/mol. The van der Waals surface area contributed by atoms with Gasteiger partial charge in [0.2, 0.25) is 0 Å². The van der Waals surface area contributed by atoms with E-state index in [9.17, 15) is 22.7 Å². The smallest absolute Gasteiger partial charge is 0.508 e. The molecule has 0 aliphatic carbocycles. The number of phenolic OH excluding ortho intramolecular Hbond substituents is 1. The van der Waals surface area contributed by atoms with Crippen molar-refractivity contribution < 1.29 is 27.4 Å². The maximum Gasteiger partial charge on any atom is 0.573 e. The van der Waals surface area contributed by atoms with Crippen LogP contribution in [0.2, 0.25) is 0 Å². The fourth-order valence-corrected chi connectivity index (χ4v) is 1.11. The lowest BCUT2D eigenvalue weighted by Crippen LogP contribution is -2.18. The summed E-state index contributed by atoms with van der Waals surface area (Å²) in [5.74, 6) is -0.927. The fraction of sp³-hybridized carbons (Fsp3) is 0.333. The second-order valence-electron chi connectivity index (χ2n) is 3.03. The van der Waals surface area contributed by atoms with Crippen molar-refractivity contribution in [3.8, 4) is 11.5 Å². The van der Waals surface area contributed by atoms with Gasteiger partial charge in [-0.3, -0.25) is 0 Å². The number of rotatable bonds is 3. The van der Waals surface area contributed by atoms with Gasteiger partial charge < -0.3 is 15.6 Å². The molecule has 0 unspecified atom stereocenters. The minimum Gasteiger partial charge on any atom is -0.508 e. The number of phenols is 1. The number of halogens is 4. The molecule has 0 amide bonds. The highest BCUT2D eigenvalue weighted by Gasteiger charge is 2.31. The number of hydrogen-bond acceptors (Lipinski definition) is 3. The van der Waals surface area contributed by atoms with Gasteiger partial charge in [0.15, 0.2) is 0 Å². The molecule has 7 heteroatoms. The predicted molar refractivity (Wildman–Crippen MR) is 47.7 cm³/mol. The summed E-state index contributed by atoms with van der Waals surface area (Å²) in [6, 6.07) is 1.55. The van der Waals surface area contributed by atoms with Crippen LogP contribution in [0.15, 0.2) is 18.2 Å². The fourth-order valence-electron chi connectivity index (χ4n) is 1.11. The average Bonchev–Trinajstić information content (AvgIpc) is 2.18. The van der Waals surface area contributed by atoms with Crippen molar-refractivity contribution in [3.63, 3.8) is 0 Å². The Hall–Kier alpha value is -1.50. The summed E-state index contributed by atoms with van der Waals surface area (Å²) in [7, 11) is 0. The summed E-state index contributed by atoms with van der Waals surface area (Å²) in [5, 5.41) is 9.25. The lowest BCUT2D eigenvalue weighted by molar-refractivity contribution is -0.274. The molecule has 90 valence electrons. The van der Waals surface area contributed by atoms with E-state index in [0.717, 1.165) is 18.2 Å². The Morgan fingerprint density at radius 1 is 1.38 bits per heavy atom. The van der Waals surface area contributed by atoms with E-state index in [1.54, 1.807) is 0 Å². The Labute approximate surface area is 88.4 Å². The molecule has 0 aliphatic heterocycles. The molecular weight excluding hydrogens is 230 g/mol. The van der Waals surface area contributed by atoms with Gasteiger partial charge in [0, 0.05) is 5.56 Å². The molecule has 1 atom stereocenters. The molecule has 0 aromatic heterocycles. The number of aromatic hydroxyl groups is 1. The summed E-state index contributed by atoms with van der Waals surface area (Å²) in [6.45, 7) is -0.997. The van der Waals surface area contributed by atoms with Crippen LogP contribution in [0.3, 0.4) is 0 Å². The first kappa shape index (κ1) is 12.6. The summed E-state index contributed by atoms with van der Waals surface area (Å²) >= 11 is 0. The van der Waals surface area contributed by atoms with Gasteiger partial charge in [-0.2, -0.15) is 0 Å². The zero-order valence-electron chi connectivity index (χ0n) is 7.96. The van der Waals surface area contributed by atoms with E-state index >= 15 is 0 Å². The first-order chi connectivity index (χ1) is 7.33. The summed E-state index contributed by atoms with van der Waals surface area (Å²) in [5.41, 5.74) is 5.12. The standard InChI is InChI=1S/C9H9F4NO2/c10-4-7(14)6-3-5(1-2-8(6)15)16-9(11,12)13/h1-3,7,15H,4,14H2/t7-/m1/s1. The largest absolute Gasteiger partial charge is 0.573 e. The van der Waals surface area contributed by atoms with Crippen molar-refractivity contribution in [2.45, 2.75) is 12.4 Å². The second kappa shape index (κ2) is 4.56. The number of nitrogens with two attached hydrogens (primary N) is 1. The van der Waals surface area contributed by atoms with Crippen LogP contribution < -0.4 is 10.5 Å². The highest BCUT2D eigenvalue weighted by atomic mass is 19.4. The van der Waals surface area contributed by atoms with E-state index in [-0.39, 0.29) is 11.3 Å². The third-order valence-electron chi connectivity index (χ3n) is 1.80. The Balaban J connectivity index is 2.98. The number of benzene rings is 1. The summed E-state index contributed by atoms with van der Waals surface area (Å²) in [4.78, 5) is 0. The lowest BCUT2D eigenvalue weighted by atomic mass is 10.1. The van der Waals surface area contributed by atoms with E-state index in [0.29, 0.717) is 0 Å². The molecule has 0 saturated heterocycles.